The zero-order chi connectivity index (χ0) is 58.5. The highest BCUT2D eigenvalue weighted by atomic mass is 15.2. The zero-order valence-corrected chi connectivity index (χ0v) is 52.5. The highest BCUT2D eigenvalue weighted by Gasteiger charge is 2.46. The van der Waals surface area contributed by atoms with Gasteiger partial charge in [0.1, 0.15) is 39.2 Å². The van der Waals surface area contributed by atoms with Crippen LogP contribution in [0.4, 0.5) is 51.2 Å². The molecule has 12 rings (SSSR count). The van der Waals surface area contributed by atoms with Gasteiger partial charge in [-0.3, -0.25) is 0 Å². The average molecular weight is 1060 g/mol. The van der Waals surface area contributed by atoms with E-state index in [0.717, 1.165) is 17.1 Å². The molecule has 9 heteroatoms. The van der Waals surface area contributed by atoms with Crippen molar-refractivity contribution in [2.75, 3.05) is 14.7 Å². The van der Waals surface area contributed by atoms with E-state index in [4.69, 9.17) is 0 Å². The summed E-state index contributed by atoms with van der Waals surface area (Å²) in [6.45, 7) is 32.9. The van der Waals surface area contributed by atoms with Crippen LogP contribution in [0.2, 0.25) is 0 Å². The van der Waals surface area contributed by atoms with E-state index in [-0.39, 0.29) is 33.8 Å². The number of rotatable bonds is 6. The number of benzene rings is 9. The van der Waals surface area contributed by atoms with Crippen molar-refractivity contribution in [3.63, 3.8) is 0 Å². The van der Waals surface area contributed by atoms with Crippen LogP contribution in [0.3, 0.4) is 0 Å². The topological polar surface area (TPSA) is 9.72 Å². The fraction of sp³-hybridized carbons (Fsp3) is 0.260. The minimum atomic E-state index is -0.172. The Bertz CT molecular complexity index is 4050. The Morgan fingerprint density at radius 1 is 0.390 bits per heavy atom. The predicted octanol–water partition coefficient (Wildman–Crippen LogP) is 9.69. The molecule has 82 heavy (non-hydrogen) atoms. The van der Waals surface area contributed by atoms with Crippen molar-refractivity contribution in [1.82, 2.24) is 0 Å². The van der Waals surface area contributed by atoms with E-state index in [1.165, 1.54) is 133 Å². The highest BCUT2D eigenvalue weighted by Crippen LogP contribution is 2.53. The molecule has 0 unspecified atom stereocenters. The molecule has 0 saturated heterocycles. The number of nitrogens with zero attached hydrogens (tertiary/aromatic N) is 3. The van der Waals surface area contributed by atoms with Gasteiger partial charge in [0, 0.05) is 56.5 Å². The smallest absolute Gasteiger partial charge is 0.252 e. The second kappa shape index (κ2) is 19.2. The quantitative estimate of drug-likeness (QED) is 0.154. The molecular formula is C73H79B6N3. The van der Waals surface area contributed by atoms with Gasteiger partial charge in [-0.2, -0.15) is 0 Å². The molecule has 0 amide bonds. The minimum absolute atomic E-state index is 0.0117. The summed E-state index contributed by atoms with van der Waals surface area (Å²) >= 11 is 0. The molecule has 1 aliphatic carbocycles. The van der Waals surface area contributed by atoms with Crippen molar-refractivity contribution in [2.45, 2.75) is 124 Å². The summed E-state index contributed by atoms with van der Waals surface area (Å²) in [5.74, 6) is 0. The maximum absolute atomic E-state index is 2.64. The van der Waals surface area contributed by atoms with Gasteiger partial charge >= 0.3 is 0 Å². The first kappa shape index (κ1) is 55.3. The van der Waals surface area contributed by atoms with Crippen molar-refractivity contribution in [1.29, 1.82) is 0 Å². The molecule has 0 bridgehead atoms. The first-order valence-electron chi connectivity index (χ1n) is 30.0. The second-order valence-corrected chi connectivity index (χ2v) is 28.9. The van der Waals surface area contributed by atoms with Crippen molar-refractivity contribution >= 4 is 141 Å². The first-order valence-corrected chi connectivity index (χ1v) is 30.0. The lowest BCUT2D eigenvalue weighted by atomic mass is 9.33. The predicted molar refractivity (Wildman–Crippen MR) is 374 cm³/mol. The lowest BCUT2D eigenvalue weighted by Crippen LogP contribution is -2.61. The molecule has 2 aliphatic heterocycles. The third-order valence-electron chi connectivity index (χ3n) is 19.2. The monoisotopic (exact) mass is 1060 g/mol. The van der Waals surface area contributed by atoms with E-state index in [9.17, 15) is 0 Å². The summed E-state index contributed by atoms with van der Waals surface area (Å²) in [4.78, 5) is 7.89. The minimum Gasteiger partial charge on any atom is -0.311 e. The van der Waals surface area contributed by atoms with Crippen LogP contribution in [0.25, 0.3) is 22.3 Å². The molecule has 9 aromatic carbocycles. The van der Waals surface area contributed by atoms with Crippen molar-refractivity contribution in [3.8, 4) is 22.3 Å². The Kier molecular flexibility index (Phi) is 12.9. The van der Waals surface area contributed by atoms with Crippen molar-refractivity contribution in [3.05, 3.63) is 197 Å². The third-order valence-corrected chi connectivity index (χ3v) is 19.2. The van der Waals surface area contributed by atoms with E-state index >= 15 is 0 Å². The number of hydrogen-bond acceptors (Lipinski definition) is 3. The molecule has 3 nitrogen and oxygen atoms in total. The maximum atomic E-state index is 2.64. The summed E-state index contributed by atoms with van der Waals surface area (Å²) in [5, 5.41) is 0. The molecule has 0 aromatic heterocycles. The second-order valence-electron chi connectivity index (χ2n) is 28.9. The largest absolute Gasteiger partial charge is 0.311 e. The fourth-order valence-electron chi connectivity index (χ4n) is 13.8. The summed E-state index contributed by atoms with van der Waals surface area (Å²) in [5.41, 5.74) is 34.0. The molecule has 2 heterocycles. The van der Waals surface area contributed by atoms with Gasteiger partial charge in [-0.25, -0.2) is 0 Å². The lowest BCUT2D eigenvalue weighted by molar-refractivity contribution is 0.590. The van der Waals surface area contributed by atoms with E-state index in [1.807, 2.05) is 0 Å². The molecule has 0 N–H and O–H groups in total. The van der Waals surface area contributed by atoms with E-state index in [1.54, 1.807) is 0 Å². The van der Waals surface area contributed by atoms with Gasteiger partial charge < -0.3 is 14.7 Å². The number of fused-ring (bicyclic) bond motifs is 7. The molecule has 0 saturated carbocycles. The van der Waals surface area contributed by atoms with Gasteiger partial charge in [0.25, 0.3) is 6.71 Å². The van der Waals surface area contributed by atoms with Crippen LogP contribution in [-0.4, -0.2) is 45.9 Å². The zero-order valence-electron chi connectivity index (χ0n) is 52.5. The number of hydrogen-bond donors (Lipinski definition) is 0. The molecule has 0 fully saturated rings. The summed E-state index contributed by atoms with van der Waals surface area (Å²) < 4.78 is 0. The van der Waals surface area contributed by atoms with Gasteiger partial charge in [0.15, 0.2) is 0 Å². The maximum Gasteiger partial charge on any atom is 0.252 e. The van der Waals surface area contributed by atoms with Gasteiger partial charge in [-0.05, 0) is 155 Å². The Balaban J connectivity index is 1.19. The molecular weight excluding hydrogens is 984 g/mol. The SMILES string of the molecule is Bc1c(B)c(B)c(N(c2ccc3c(c2)N(c2ccc(C(C)(C)C)cc2)c2cc(C(C)(C)C)cc4c2B3c2cc(C(C)(C)C)ccc2N4c2ccc3c(c2)C(C)(C)c2ccccc2-3)c2ccc(C(C)(C)C)cc2-c2ccccc2)c(B)c1B. The molecule has 0 radical (unpaired) electrons. The third kappa shape index (κ3) is 8.85. The van der Waals surface area contributed by atoms with E-state index < -0.39 is 0 Å². The first-order chi connectivity index (χ1) is 38.5. The molecule has 0 atom stereocenters. The molecule has 3 aliphatic rings. The van der Waals surface area contributed by atoms with Crippen molar-refractivity contribution in [2.24, 2.45) is 0 Å². The molecule has 404 valence electrons. The van der Waals surface area contributed by atoms with Gasteiger partial charge in [0.2, 0.25) is 0 Å². The summed E-state index contributed by atoms with van der Waals surface area (Å²) in [6, 6.07) is 64.2. The van der Waals surface area contributed by atoms with Gasteiger partial charge in [0.05, 0.1) is 5.69 Å². The summed E-state index contributed by atoms with van der Waals surface area (Å²) in [7, 11) is 11.6. The van der Waals surface area contributed by atoms with Crippen LogP contribution in [0.15, 0.2) is 164 Å². The van der Waals surface area contributed by atoms with E-state index in [0.29, 0.717) is 0 Å². The fourth-order valence-corrected chi connectivity index (χ4v) is 13.8. The van der Waals surface area contributed by atoms with Crippen LogP contribution in [0.5, 0.6) is 0 Å². The Labute approximate surface area is 496 Å². The van der Waals surface area contributed by atoms with Gasteiger partial charge in [-0.1, -0.05) is 216 Å². The van der Waals surface area contributed by atoms with Gasteiger partial charge in [-0.15, -0.1) is 5.46 Å². The van der Waals surface area contributed by atoms with Crippen LogP contribution < -0.4 is 58.4 Å². The van der Waals surface area contributed by atoms with Crippen LogP contribution in [0, 0.1) is 0 Å². The van der Waals surface area contributed by atoms with Crippen LogP contribution in [0.1, 0.15) is 130 Å². The normalized spacial score (nSPS) is 14.2. The standard InChI is InChI=1S/C73H79B6N3/c1-69(2,3)43-24-28-47(29-25-43)80-59-41-49(82(68-65(77)63(75)62(74)64(76)66(68)78)57-34-26-44(70(4,5)6)36-52(57)42-20-16-15-17-21-42)31-33-55(59)79-56-37-45(71(7,8)9)27-35-58(56)81(61-39-46(72(10,11)12)38-60(80)67(61)79)48-30-32-51-50-22-18-19-23-53(50)73(13,14)54(51)40-48/h15-41H,74-78H2,1-14H3. The average Bonchev–Trinajstić information content (AvgIpc) is 1.26. The lowest BCUT2D eigenvalue weighted by Gasteiger charge is -2.46. The highest BCUT2D eigenvalue weighted by molar-refractivity contribution is 7.00. The Hall–Kier alpha value is -7.23. The Morgan fingerprint density at radius 2 is 0.915 bits per heavy atom. The summed E-state index contributed by atoms with van der Waals surface area (Å²) in [6.07, 6.45) is 0. The van der Waals surface area contributed by atoms with Crippen LogP contribution >= 0.6 is 0 Å². The molecule has 9 aromatic rings. The number of anilines is 9. The molecule has 0 spiro atoms. The van der Waals surface area contributed by atoms with E-state index in [2.05, 4.69) is 315 Å². The van der Waals surface area contributed by atoms with Crippen LogP contribution in [-0.2, 0) is 27.1 Å². The Morgan fingerprint density at radius 3 is 1.54 bits per heavy atom. The van der Waals surface area contributed by atoms with Crippen molar-refractivity contribution < 1.29 is 0 Å².